The molecule has 88 valence electrons. The summed E-state index contributed by atoms with van der Waals surface area (Å²) in [5.74, 6) is -0.206. The molecule has 1 aliphatic rings. The van der Waals surface area contributed by atoms with Crippen LogP contribution in [0.4, 0.5) is 11.4 Å². The summed E-state index contributed by atoms with van der Waals surface area (Å²) in [6.45, 7) is -0.129. The number of anilines is 2. The Morgan fingerprint density at radius 1 is 1.25 bits per heavy atom. The van der Waals surface area contributed by atoms with Gasteiger partial charge in [0, 0.05) is 6.61 Å². The van der Waals surface area contributed by atoms with Crippen LogP contribution in [0.15, 0.2) is 6.07 Å². The number of aliphatic hydroxyl groups excluding tert-OH is 1. The molecule has 7 nitrogen and oxygen atoms in total. The van der Waals surface area contributed by atoms with Crippen LogP contribution in [-0.2, 0) is 16.8 Å². The Balaban J connectivity index is 2.59. The van der Waals surface area contributed by atoms with Crippen LogP contribution in [0.1, 0.15) is 5.56 Å². The monoisotopic (exact) mass is 246 g/mol. The van der Waals surface area contributed by atoms with E-state index in [0.29, 0.717) is 5.56 Å². The van der Waals surface area contributed by atoms with Gasteiger partial charge < -0.3 is 24.9 Å². The smallest absolute Gasteiger partial charge is 0.396 e. The average molecular weight is 246 g/mol. The van der Waals surface area contributed by atoms with Gasteiger partial charge in [-0.05, 0) is 18.1 Å². The van der Waals surface area contributed by atoms with Gasteiger partial charge in [0.2, 0.25) is 11.5 Å². The maximum absolute atomic E-state index is 11.1. The zero-order chi connectivity index (χ0) is 11.9. The predicted octanol–water partition coefficient (Wildman–Crippen LogP) is -0.598. The fourth-order valence-corrected chi connectivity index (χ4v) is 2.23. The third kappa shape index (κ3) is 1.61. The second-order valence-electron chi connectivity index (χ2n) is 3.25. The Morgan fingerprint density at radius 2 is 1.88 bits per heavy atom. The summed E-state index contributed by atoms with van der Waals surface area (Å²) < 4.78 is 31.2. The molecule has 16 heavy (non-hydrogen) atoms. The zero-order valence-electron chi connectivity index (χ0n) is 8.13. The molecule has 0 unspecified atom stereocenters. The molecular weight excluding hydrogens is 236 g/mol. The lowest BCUT2D eigenvalue weighted by Crippen LogP contribution is -2.08. The number of benzene rings is 1. The highest BCUT2D eigenvalue weighted by Gasteiger charge is 2.33. The van der Waals surface area contributed by atoms with Gasteiger partial charge in [0.1, 0.15) is 0 Å². The maximum atomic E-state index is 11.1. The summed E-state index contributed by atoms with van der Waals surface area (Å²) >= 11 is 0. The number of hydrogen-bond donors (Lipinski definition) is 3. The molecule has 8 heteroatoms. The minimum Gasteiger partial charge on any atom is -0.396 e. The molecule has 1 aliphatic heterocycles. The summed E-state index contributed by atoms with van der Waals surface area (Å²) in [6, 6.07) is 1.45. The predicted molar refractivity (Wildman–Crippen MR) is 56.2 cm³/mol. The number of aliphatic hydroxyl groups is 1. The second-order valence-corrected chi connectivity index (χ2v) is 4.40. The Morgan fingerprint density at radius 3 is 2.50 bits per heavy atom. The Hall–Kier alpha value is -1.67. The van der Waals surface area contributed by atoms with Crippen molar-refractivity contribution >= 4 is 21.8 Å². The van der Waals surface area contributed by atoms with Crippen LogP contribution < -0.4 is 19.8 Å². The molecule has 2 rings (SSSR count). The molecule has 0 saturated heterocycles. The minimum atomic E-state index is -4.10. The van der Waals surface area contributed by atoms with Crippen molar-refractivity contribution in [2.24, 2.45) is 0 Å². The first kappa shape index (κ1) is 10.8. The summed E-state index contributed by atoms with van der Waals surface area (Å²) in [5, 5.41) is 8.80. The normalized spacial score (nSPS) is 16.3. The third-order valence-electron chi connectivity index (χ3n) is 2.14. The maximum Gasteiger partial charge on any atom is 0.501 e. The molecule has 1 aromatic carbocycles. The first-order chi connectivity index (χ1) is 7.44. The Bertz CT molecular complexity index is 540. The van der Waals surface area contributed by atoms with Crippen LogP contribution in [-0.4, -0.2) is 20.1 Å². The van der Waals surface area contributed by atoms with Gasteiger partial charge >= 0.3 is 10.4 Å². The molecule has 1 heterocycles. The lowest BCUT2D eigenvalue weighted by Gasteiger charge is -2.07. The van der Waals surface area contributed by atoms with Crippen molar-refractivity contribution in [3.8, 4) is 11.5 Å². The third-order valence-corrected chi connectivity index (χ3v) is 2.88. The Kier molecular flexibility index (Phi) is 2.32. The van der Waals surface area contributed by atoms with Crippen LogP contribution in [0.2, 0.25) is 0 Å². The number of rotatable bonds is 2. The fraction of sp³-hybridized carbons (Fsp3) is 0.250. The van der Waals surface area contributed by atoms with E-state index >= 15 is 0 Å². The van der Waals surface area contributed by atoms with E-state index in [9.17, 15) is 8.42 Å². The molecule has 0 spiro atoms. The van der Waals surface area contributed by atoms with E-state index in [-0.39, 0.29) is 35.9 Å². The molecule has 0 aromatic heterocycles. The molecule has 0 fully saturated rings. The van der Waals surface area contributed by atoms with E-state index in [1.807, 2.05) is 0 Å². The van der Waals surface area contributed by atoms with Crippen LogP contribution >= 0.6 is 0 Å². The molecule has 0 saturated carbocycles. The van der Waals surface area contributed by atoms with Crippen LogP contribution in [0.25, 0.3) is 0 Å². The highest BCUT2D eigenvalue weighted by molar-refractivity contribution is 7.82. The summed E-state index contributed by atoms with van der Waals surface area (Å²) in [7, 11) is -4.10. The lowest BCUT2D eigenvalue weighted by molar-refractivity contribution is 0.300. The van der Waals surface area contributed by atoms with Crippen molar-refractivity contribution in [1.82, 2.24) is 0 Å². The molecule has 0 bridgehead atoms. The molecule has 1 aromatic rings. The highest BCUT2D eigenvalue weighted by atomic mass is 32.3. The SMILES string of the molecule is Nc1cc(CCO)c(N)c2c1OS(=O)(=O)O2. The van der Waals surface area contributed by atoms with E-state index < -0.39 is 10.4 Å². The van der Waals surface area contributed by atoms with Gasteiger partial charge in [-0.15, -0.1) is 8.42 Å². The van der Waals surface area contributed by atoms with E-state index in [1.165, 1.54) is 6.07 Å². The summed E-state index contributed by atoms with van der Waals surface area (Å²) in [4.78, 5) is 0. The minimum absolute atomic E-state index is 0.0980. The summed E-state index contributed by atoms with van der Waals surface area (Å²) in [6.07, 6.45) is 0.257. The molecule has 0 aliphatic carbocycles. The van der Waals surface area contributed by atoms with Crippen molar-refractivity contribution in [2.75, 3.05) is 18.1 Å². The number of nitrogen functional groups attached to an aromatic ring is 2. The topological polar surface area (TPSA) is 125 Å². The molecule has 5 N–H and O–H groups in total. The first-order valence-corrected chi connectivity index (χ1v) is 5.73. The van der Waals surface area contributed by atoms with Crippen LogP contribution in [0, 0.1) is 0 Å². The van der Waals surface area contributed by atoms with Gasteiger partial charge in [0.25, 0.3) is 0 Å². The largest absolute Gasteiger partial charge is 0.501 e. The zero-order valence-corrected chi connectivity index (χ0v) is 8.95. The van der Waals surface area contributed by atoms with Gasteiger partial charge in [-0.25, -0.2) is 0 Å². The Labute approximate surface area is 91.9 Å². The van der Waals surface area contributed by atoms with E-state index in [2.05, 4.69) is 8.37 Å². The van der Waals surface area contributed by atoms with E-state index in [1.54, 1.807) is 0 Å². The fourth-order valence-electron chi connectivity index (χ4n) is 1.45. The van der Waals surface area contributed by atoms with Crippen molar-refractivity contribution in [2.45, 2.75) is 6.42 Å². The van der Waals surface area contributed by atoms with Gasteiger partial charge in [0.15, 0.2) is 0 Å². The quantitative estimate of drug-likeness (QED) is 0.595. The van der Waals surface area contributed by atoms with Gasteiger partial charge in [-0.1, -0.05) is 0 Å². The van der Waals surface area contributed by atoms with Crippen molar-refractivity contribution in [1.29, 1.82) is 0 Å². The van der Waals surface area contributed by atoms with Crippen molar-refractivity contribution in [3.05, 3.63) is 11.6 Å². The van der Waals surface area contributed by atoms with E-state index in [4.69, 9.17) is 16.6 Å². The van der Waals surface area contributed by atoms with E-state index in [0.717, 1.165) is 0 Å². The van der Waals surface area contributed by atoms with Crippen LogP contribution in [0.3, 0.4) is 0 Å². The summed E-state index contributed by atoms with van der Waals surface area (Å²) in [5.41, 5.74) is 12.0. The number of nitrogens with two attached hydrogens (primary N) is 2. The second kappa shape index (κ2) is 3.42. The van der Waals surface area contributed by atoms with Gasteiger partial charge in [-0.3, -0.25) is 0 Å². The average Bonchev–Trinajstić information content (AvgIpc) is 2.51. The molecule has 0 amide bonds. The van der Waals surface area contributed by atoms with Crippen LogP contribution in [0.5, 0.6) is 11.5 Å². The van der Waals surface area contributed by atoms with Crippen molar-refractivity contribution < 1.29 is 21.9 Å². The molecule has 0 radical (unpaired) electrons. The first-order valence-electron chi connectivity index (χ1n) is 4.40. The highest BCUT2D eigenvalue weighted by Crippen LogP contribution is 2.46. The lowest BCUT2D eigenvalue weighted by atomic mass is 10.1. The molecular formula is C8H10N2O5S. The number of fused-ring (bicyclic) bond motifs is 1. The number of hydrogen-bond acceptors (Lipinski definition) is 7. The van der Waals surface area contributed by atoms with Gasteiger partial charge in [0.05, 0.1) is 11.4 Å². The van der Waals surface area contributed by atoms with Gasteiger partial charge in [-0.2, -0.15) is 0 Å². The molecule has 0 atom stereocenters. The standard InChI is InChI=1S/C8H10N2O5S/c9-5-3-4(1-2-11)6(10)8-7(5)14-16(12,13)15-8/h3,11H,1-2,9-10H2. The van der Waals surface area contributed by atoms with Crippen molar-refractivity contribution in [3.63, 3.8) is 0 Å².